The van der Waals surface area contributed by atoms with E-state index in [1.807, 2.05) is 18.2 Å². The van der Waals surface area contributed by atoms with Crippen LogP contribution >= 0.6 is 0 Å². The van der Waals surface area contributed by atoms with Gasteiger partial charge in [0.25, 0.3) is 0 Å². The molecule has 0 bridgehead atoms. The van der Waals surface area contributed by atoms with Crippen molar-refractivity contribution in [1.82, 2.24) is 0 Å². The quantitative estimate of drug-likeness (QED) is 0.501. The highest BCUT2D eigenvalue weighted by Crippen LogP contribution is 2.23. The van der Waals surface area contributed by atoms with Gasteiger partial charge in [-0.2, -0.15) is 0 Å². The summed E-state index contributed by atoms with van der Waals surface area (Å²) in [5, 5.41) is 0. The Bertz CT molecular complexity index is 423. The van der Waals surface area contributed by atoms with Gasteiger partial charge >= 0.3 is 0 Å². The second-order valence-electron chi connectivity index (χ2n) is 5.31. The first-order valence-electron chi connectivity index (χ1n) is 7.25. The SMILES string of the molecule is Cc1cccc(OCCN=C(N)C2CCCCC2)c1. The fourth-order valence-electron chi connectivity index (χ4n) is 2.57. The molecule has 2 rings (SSSR count). The predicted octanol–water partition coefficient (Wildman–Crippen LogP) is 3.31. The van der Waals surface area contributed by atoms with Gasteiger partial charge in [0.1, 0.15) is 12.4 Å². The van der Waals surface area contributed by atoms with Crippen molar-refractivity contribution >= 4 is 5.84 Å². The summed E-state index contributed by atoms with van der Waals surface area (Å²) in [6.07, 6.45) is 6.34. The van der Waals surface area contributed by atoms with E-state index >= 15 is 0 Å². The molecule has 104 valence electrons. The molecule has 1 aliphatic rings. The predicted molar refractivity (Wildman–Crippen MR) is 79.7 cm³/mol. The number of amidine groups is 1. The molecule has 0 aromatic heterocycles. The number of benzene rings is 1. The van der Waals surface area contributed by atoms with E-state index in [1.54, 1.807) is 0 Å². The lowest BCUT2D eigenvalue weighted by Crippen LogP contribution is -2.26. The first kappa shape index (κ1) is 13.9. The molecule has 0 atom stereocenters. The summed E-state index contributed by atoms with van der Waals surface area (Å²) < 4.78 is 5.66. The molecule has 1 fully saturated rings. The molecule has 0 heterocycles. The average molecular weight is 260 g/mol. The molecule has 0 saturated heterocycles. The fourth-order valence-corrected chi connectivity index (χ4v) is 2.57. The molecule has 3 nitrogen and oxygen atoms in total. The average Bonchev–Trinajstić information content (AvgIpc) is 2.44. The van der Waals surface area contributed by atoms with E-state index in [4.69, 9.17) is 10.5 Å². The Labute approximate surface area is 115 Å². The molecule has 19 heavy (non-hydrogen) atoms. The van der Waals surface area contributed by atoms with Gasteiger partial charge in [-0.25, -0.2) is 0 Å². The first-order chi connectivity index (χ1) is 9.25. The van der Waals surface area contributed by atoms with Crippen LogP contribution in [0.4, 0.5) is 0 Å². The standard InChI is InChI=1S/C16H24N2O/c1-13-6-5-9-15(12-13)19-11-10-18-16(17)14-7-3-2-4-8-14/h5-6,9,12,14H,2-4,7-8,10-11H2,1H3,(H2,17,18). The Morgan fingerprint density at radius 2 is 2.11 bits per heavy atom. The monoisotopic (exact) mass is 260 g/mol. The normalized spacial score (nSPS) is 17.4. The summed E-state index contributed by atoms with van der Waals surface area (Å²) in [7, 11) is 0. The highest BCUT2D eigenvalue weighted by atomic mass is 16.5. The minimum absolute atomic E-state index is 0.507. The first-order valence-corrected chi connectivity index (χ1v) is 7.25. The highest BCUT2D eigenvalue weighted by Gasteiger charge is 2.16. The number of ether oxygens (including phenoxy) is 1. The van der Waals surface area contributed by atoms with Crippen molar-refractivity contribution in [3.63, 3.8) is 0 Å². The number of rotatable bonds is 5. The summed E-state index contributed by atoms with van der Waals surface area (Å²) in [5.74, 6) is 2.24. The van der Waals surface area contributed by atoms with Crippen molar-refractivity contribution < 1.29 is 4.74 Å². The molecule has 0 amide bonds. The van der Waals surface area contributed by atoms with Crippen LogP contribution in [0.25, 0.3) is 0 Å². The zero-order valence-corrected chi connectivity index (χ0v) is 11.8. The van der Waals surface area contributed by atoms with E-state index in [-0.39, 0.29) is 0 Å². The molecular formula is C16H24N2O. The molecule has 1 aromatic carbocycles. The lowest BCUT2D eigenvalue weighted by molar-refractivity contribution is 0.328. The van der Waals surface area contributed by atoms with Crippen LogP contribution in [-0.4, -0.2) is 19.0 Å². The van der Waals surface area contributed by atoms with Crippen LogP contribution in [0.3, 0.4) is 0 Å². The third kappa shape index (κ3) is 4.58. The lowest BCUT2D eigenvalue weighted by Gasteiger charge is -2.20. The number of hydrogen-bond acceptors (Lipinski definition) is 2. The number of hydrogen-bond donors (Lipinski definition) is 1. The summed E-state index contributed by atoms with van der Waals surface area (Å²) >= 11 is 0. The molecular weight excluding hydrogens is 236 g/mol. The van der Waals surface area contributed by atoms with Crippen LogP contribution in [-0.2, 0) is 0 Å². The molecule has 1 saturated carbocycles. The molecule has 0 radical (unpaired) electrons. The maximum Gasteiger partial charge on any atom is 0.119 e. The Balaban J connectivity index is 1.73. The lowest BCUT2D eigenvalue weighted by atomic mass is 9.88. The van der Waals surface area contributed by atoms with Gasteiger partial charge in [0.05, 0.1) is 12.4 Å². The smallest absolute Gasteiger partial charge is 0.119 e. The Hall–Kier alpha value is -1.51. The van der Waals surface area contributed by atoms with E-state index in [0.717, 1.165) is 11.6 Å². The van der Waals surface area contributed by atoms with Crippen LogP contribution in [0.1, 0.15) is 37.7 Å². The molecule has 1 aromatic rings. The maximum absolute atomic E-state index is 6.05. The third-order valence-electron chi connectivity index (χ3n) is 3.67. The van der Waals surface area contributed by atoms with Crippen molar-refractivity contribution in [2.24, 2.45) is 16.6 Å². The summed E-state index contributed by atoms with van der Waals surface area (Å²) in [6.45, 7) is 3.30. The third-order valence-corrected chi connectivity index (χ3v) is 3.67. The second-order valence-corrected chi connectivity index (χ2v) is 5.31. The van der Waals surface area contributed by atoms with E-state index in [9.17, 15) is 0 Å². The number of aliphatic imine (C=N–C) groups is 1. The highest BCUT2D eigenvalue weighted by molar-refractivity contribution is 5.82. The van der Waals surface area contributed by atoms with Gasteiger partial charge in [0.2, 0.25) is 0 Å². The van der Waals surface area contributed by atoms with Gasteiger partial charge in [-0.05, 0) is 37.5 Å². The van der Waals surface area contributed by atoms with Crippen molar-refractivity contribution in [2.45, 2.75) is 39.0 Å². The molecule has 0 unspecified atom stereocenters. The van der Waals surface area contributed by atoms with Crippen LogP contribution in [0, 0.1) is 12.8 Å². The van der Waals surface area contributed by atoms with Gasteiger partial charge in [-0.3, -0.25) is 4.99 Å². The van der Waals surface area contributed by atoms with Crippen LogP contribution < -0.4 is 10.5 Å². The molecule has 2 N–H and O–H groups in total. The van der Waals surface area contributed by atoms with Crippen molar-refractivity contribution in [1.29, 1.82) is 0 Å². The van der Waals surface area contributed by atoms with Crippen molar-refractivity contribution in [2.75, 3.05) is 13.2 Å². The topological polar surface area (TPSA) is 47.6 Å². The minimum Gasteiger partial charge on any atom is -0.492 e. The number of nitrogens with zero attached hydrogens (tertiary/aromatic N) is 1. The Morgan fingerprint density at radius 3 is 2.84 bits per heavy atom. The van der Waals surface area contributed by atoms with E-state index in [2.05, 4.69) is 18.0 Å². The van der Waals surface area contributed by atoms with E-state index in [1.165, 1.54) is 37.7 Å². The Morgan fingerprint density at radius 1 is 1.32 bits per heavy atom. The largest absolute Gasteiger partial charge is 0.492 e. The number of nitrogens with two attached hydrogens (primary N) is 1. The summed E-state index contributed by atoms with van der Waals surface area (Å²) in [5.41, 5.74) is 7.26. The van der Waals surface area contributed by atoms with Crippen LogP contribution in [0.2, 0.25) is 0 Å². The van der Waals surface area contributed by atoms with Gasteiger partial charge < -0.3 is 10.5 Å². The number of aryl methyl sites for hydroxylation is 1. The summed E-state index contributed by atoms with van der Waals surface area (Å²) in [6, 6.07) is 8.08. The summed E-state index contributed by atoms with van der Waals surface area (Å²) in [4.78, 5) is 4.45. The van der Waals surface area contributed by atoms with E-state index < -0.39 is 0 Å². The molecule has 1 aliphatic carbocycles. The van der Waals surface area contributed by atoms with Crippen LogP contribution in [0.15, 0.2) is 29.3 Å². The molecule has 0 aliphatic heterocycles. The minimum atomic E-state index is 0.507. The van der Waals surface area contributed by atoms with Crippen molar-refractivity contribution in [3.8, 4) is 5.75 Å². The van der Waals surface area contributed by atoms with Gasteiger partial charge in [-0.15, -0.1) is 0 Å². The fraction of sp³-hybridized carbons (Fsp3) is 0.562. The Kier molecular flexibility index (Phi) is 5.25. The molecule has 0 spiro atoms. The van der Waals surface area contributed by atoms with Crippen LogP contribution in [0.5, 0.6) is 5.75 Å². The zero-order chi connectivity index (χ0) is 13.5. The van der Waals surface area contributed by atoms with Gasteiger partial charge in [0, 0.05) is 5.92 Å². The second kappa shape index (κ2) is 7.17. The maximum atomic E-state index is 6.05. The van der Waals surface area contributed by atoms with Gasteiger partial charge in [0.15, 0.2) is 0 Å². The van der Waals surface area contributed by atoms with E-state index in [0.29, 0.717) is 19.1 Å². The van der Waals surface area contributed by atoms with Gasteiger partial charge in [-0.1, -0.05) is 31.4 Å². The van der Waals surface area contributed by atoms with Crippen molar-refractivity contribution in [3.05, 3.63) is 29.8 Å². The molecule has 3 heteroatoms. The zero-order valence-electron chi connectivity index (χ0n) is 11.8.